The number of nitrogens with one attached hydrogen (secondary N) is 1. The highest BCUT2D eigenvalue weighted by atomic mass is 32.2. The second-order valence-corrected chi connectivity index (χ2v) is 8.41. The van der Waals surface area contributed by atoms with E-state index in [4.69, 9.17) is 5.11 Å². The number of carboxylic acid groups (broad SMARTS) is 1. The summed E-state index contributed by atoms with van der Waals surface area (Å²) in [5, 5.41) is 8.39. The molecule has 1 aromatic heterocycles. The van der Waals surface area contributed by atoms with Crippen LogP contribution in [0.15, 0.2) is 12.4 Å². The first-order chi connectivity index (χ1) is 11.5. The summed E-state index contributed by atoms with van der Waals surface area (Å²) in [4.78, 5) is 20.7. The minimum absolute atomic E-state index is 0.0695. The van der Waals surface area contributed by atoms with E-state index < -0.39 is 21.2 Å². The molecule has 1 saturated heterocycles. The smallest absolute Gasteiger partial charge is 0.356 e. The van der Waals surface area contributed by atoms with E-state index in [0.717, 1.165) is 32.1 Å². The average Bonchev–Trinajstić information content (AvgIpc) is 3.07. The highest BCUT2D eigenvalue weighted by Crippen LogP contribution is 2.24. The molecule has 2 heterocycles. The number of aromatic carboxylic acids is 1. The highest BCUT2D eigenvalue weighted by Gasteiger charge is 2.33. The van der Waals surface area contributed by atoms with E-state index >= 15 is 0 Å². The molecule has 3 rings (SSSR count). The van der Waals surface area contributed by atoms with Crippen LogP contribution in [0.3, 0.4) is 0 Å². The molecule has 1 saturated carbocycles. The van der Waals surface area contributed by atoms with Gasteiger partial charge in [-0.3, -0.25) is 0 Å². The third-order valence-corrected chi connectivity index (χ3v) is 6.61. The van der Waals surface area contributed by atoms with Gasteiger partial charge in [0.25, 0.3) is 0 Å². The van der Waals surface area contributed by atoms with Gasteiger partial charge in [-0.2, -0.15) is 0 Å². The molecule has 132 valence electrons. The van der Waals surface area contributed by atoms with Gasteiger partial charge in [-0.05, 0) is 25.7 Å². The van der Waals surface area contributed by atoms with Gasteiger partial charge in [0.05, 0.1) is 17.6 Å². The maximum absolute atomic E-state index is 12.6. The molecule has 8 nitrogen and oxygen atoms in total. The summed E-state index contributed by atoms with van der Waals surface area (Å²) in [7, 11) is -3.36. The average molecular weight is 354 g/mol. The lowest BCUT2D eigenvalue weighted by atomic mass is 10.1. The second-order valence-electron chi connectivity index (χ2n) is 6.42. The molecule has 1 unspecified atom stereocenters. The lowest BCUT2D eigenvalue weighted by Crippen LogP contribution is -2.48. The van der Waals surface area contributed by atoms with Crippen molar-refractivity contribution in [3.8, 4) is 0 Å². The predicted octanol–water partition coefficient (Wildman–Crippen LogP) is 1.01. The Morgan fingerprint density at radius 2 is 1.92 bits per heavy atom. The summed E-state index contributed by atoms with van der Waals surface area (Å²) in [6.45, 7) is 1.04. The molecule has 2 aliphatic rings. The summed E-state index contributed by atoms with van der Waals surface area (Å²) >= 11 is 0. The van der Waals surface area contributed by atoms with E-state index in [2.05, 4.69) is 14.7 Å². The molecule has 0 spiro atoms. The standard InChI is InChI=1S/C15H22N4O4S/c20-15(21)13-8-17-14(9-16-13)19-7-3-6-12(10-19)24(22,23)18-11-4-1-2-5-11/h8-9,11-12,18H,1-7,10H2,(H,20,21). The fraction of sp³-hybridized carbons (Fsp3) is 0.667. The summed E-state index contributed by atoms with van der Waals surface area (Å²) in [5.41, 5.74) is -0.122. The molecule has 24 heavy (non-hydrogen) atoms. The molecular weight excluding hydrogens is 332 g/mol. The van der Waals surface area contributed by atoms with Gasteiger partial charge >= 0.3 is 5.97 Å². The van der Waals surface area contributed by atoms with Crippen LogP contribution >= 0.6 is 0 Å². The van der Waals surface area contributed by atoms with E-state index in [9.17, 15) is 13.2 Å². The van der Waals surface area contributed by atoms with E-state index in [-0.39, 0.29) is 11.7 Å². The highest BCUT2D eigenvalue weighted by molar-refractivity contribution is 7.90. The van der Waals surface area contributed by atoms with Crippen molar-refractivity contribution >= 4 is 21.8 Å². The van der Waals surface area contributed by atoms with Crippen molar-refractivity contribution in [3.05, 3.63) is 18.1 Å². The lowest BCUT2D eigenvalue weighted by molar-refractivity contribution is 0.0690. The summed E-state index contributed by atoms with van der Waals surface area (Å²) < 4.78 is 28.1. The fourth-order valence-electron chi connectivity index (χ4n) is 3.37. The van der Waals surface area contributed by atoms with Gasteiger partial charge in [0, 0.05) is 19.1 Å². The molecule has 1 atom stereocenters. The second kappa shape index (κ2) is 7.02. The Kier molecular flexibility index (Phi) is 5.00. The maximum atomic E-state index is 12.6. The topological polar surface area (TPSA) is 112 Å². The van der Waals surface area contributed by atoms with Crippen LogP contribution in [0, 0.1) is 0 Å². The molecule has 1 aliphatic heterocycles. The summed E-state index contributed by atoms with van der Waals surface area (Å²) in [6.07, 6.45) is 7.95. The molecule has 1 aromatic rings. The molecule has 1 aliphatic carbocycles. The van der Waals surface area contributed by atoms with E-state index in [0.29, 0.717) is 25.3 Å². The number of hydrogen-bond acceptors (Lipinski definition) is 6. The minimum atomic E-state index is -3.36. The van der Waals surface area contributed by atoms with Gasteiger partial charge in [0.1, 0.15) is 5.82 Å². The molecule has 0 radical (unpaired) electrons. The normalized spacial score (nSPS) is 22.7. The first kappa shape index (κ1) is 17.1. The summed E-state index contributed by atoms with van der Waals surface area (Å²) in [6, 6.07) is 0.0695. The van der Waals surface area contributed by atoms with Crippen LogP contribution in [0.25, 0.3) is 0 Å². The number of rotatable bonds is 5. The number of carboxylic acids is 1. The Morgan fingerprint density at radius 1 is 1.17 bits per heavy atom. The Hall–Kier alpha value is -1.74. The van der Waals surface area contributed by atoms with Gasteiger partial charge in [0.2, 0.25) is 10.0 Å². The molecule has 0 amide bonds. The number of hydrogen-bond donors (Lipinski definition) is 2. The molecule has 2 fully saturated rings. The zero-order valence-electron chi connectivity index (χ0n) is 13.4. The molecule has 0 bridgehead atoms. The number of nitrogens with zero attached hydrogens (tertiary/aromatic N) is 3. The third-order valence-electron chi connectivity index (χ3n) is 4.68. The predicted molar refractivity (Wildman–Crippen MR) is 88.5 cm³/mol. The van der Waals surface area contributed by atoms with Gasteiger partial charge < -0.3 is 10.0 Å². The zero-order chi connectivity index (χ0) is 17.2. The number of carbonyl (C=O) groups is 1. The van der Waals surface area contributed by atoms with Crippen molar-refractivity contribution in [2.24, 2.45) is 0 Å². The number of aromatic nitrogens is 2. The molecule has 2 N–H and O–H groups in total. The molecule has 0 aromatic carbocycles. The number of sulfonamides is 1. The largest absolute Gasteiger partial charge is 0.476 e. The van der Waals surface area contributed by atoms with Gasteiger partial charge in [-0.1, -0.05) is 12.8 Å². The van der Waals surface area contributed by atoms with Crippen LogP contribution in [0.5, 0.6) is 0 Å². The van der Waals surface area contributed by atoms with Crippen LogP contribution in [-0.4, -0.2) is 53.8 Å². The van der Waals surface area contributed by atoms with Crippen LogP contribution in [0.1, 0.15) is 49.0 Å². The van der Waals surface area contributed by atoms with Crippen LogP contribution in [0.2, 0.25) is 0 Å². The Balaban J connectivity index is 1.68. The molecular formula is C15H22N4O4S. The monoisotopic (exact) mass is 354 g/mol. The van der Waals surface area contributed by atoms with Crippen molar-refractivity contribution in [1.29, 1.82) is 0 Å². The van der Waals surface area contributed by atoms with E-state index in [1.165, 1.54) is 12.4 Å². The van der Waals surface area contributed by atoms with Gasteiger partial charge in [-0.15, -0.1) is 0 Å². The van der Waals surface area contributed by atoms with Crippen molar-refractivity contribution < 1.29 is 18.3 Å². The number of anilines is 1. The fourth-order valence-corrected chi connectivity index (χ4v) is 5.11. The zero-order valence-corrected chi connectivity index (χ0v) is 14.2. The lowest BCUT2D eigenvalue weighted by Gasteiger charge is -2.33. The van der Waals surface area contributed by atoms with Crippen molar-refractivity contribution in [2.75, 3.05) is 18.0 Å². The maximum Gasteiger partial charge on any atom is 0.356 e. The first-order valence-electron chi connectivity index (χ1n) is 8.27. The molecule has 9 heteroatoms. The Bertz CT molecular complexity index is 686. The number of piperidine rings is 1. The van der Waals surface area contributed by atoms with E-state index in [1.54, 1.807) is 0 Å². The van der Waals surface area contributed by atoms with Gasteiger partial charge in [0.15, 0.2) is 5.69 Å². The van der Waals surface area contributed by atoms with E-state index in [1.807, 2.05) is 4.90 Å². The Labute approximate surface area is 141 Å². The quantitative estimate of drug-likeness (QED) is 0.811. The Morgan fingerprint density at radius 3 is 2.54 bits per heavy atom. The minimum Gasteiger partial charge on any atom is -0.476 e. The third kappa shape index (κ3) is 3.84. The van der Waals surface area contributed by atoms with Gasteiger partial charge in [-0.25, -0.2) is 27.9 Å². The van der Waals surface area contributed by atoms with Crippen LogP contribution in [0.4, 0.5) is 5.82 Å². The van der Waals surface area contributed by atoms with Crippen LogP contribution < -0.4 is 9.62 Å². The van der Waals surface area contributed by atoms with Crippen molar-refractivity contribution in [2.45, 2.75) is 49.8 Å². The van der Waals surface area contributed by atoms with Crippen molar-refractivity contribution in [3.63, 3.8) is 0 Å². The van der Waals surface area contributed by atoms with Crippen molar-refractivity contribution in [1.82, 2.24) is 14.7 Å². The van der Waals surface area contributed by atoms with Crippen LogP contribution in [-0.2, 0) is 10.0 Å². The first-order valence-corrected chi connectivity index (χ1v) is 9.82. The SMILES string of the molecule is O=C(O)c1cnc(N2CCCC(S(=O)(=O)NC3CCCC3)C2)cn1. The summed E-state index contributed by atoms with van der Waals surface area (Å²) in [5.74, 6) is -0.616.